The van der Waals surface area contributed by atoms with Crippen LogP contribution in [0, 0.1) is 0 Å². The molecule has 1 aliphatic heterocycles. The van der Waals surface area contributed by atoms with Crippen LogP contribution >= 0.6 is 0 Å². The van der Waals surface area contributed by atoms with Crippen molar-refractivity contribution in [3.05, 3.63) is 47.5 Å². The molecule has 160 valence electrons. The van der Waals surface area contributed by atoms with E-state index in [-0.39, 0.29) is 17.4 Å². The molecule has 0 spiro atoms. The third-order valence-electron chi connectivity index (χ3n) is 4.56. The number of carbonyl (C=O) groups is 2. The molecule has 1 aromatic carbocycles. The summed E-state index contributed by atoms with van der Waals surface area (Å²) in [6.07, 6.45) is 2.93. The summed E-state index contributed by atoms with van der Waals surface area (Å²) in [7, 11) is 4.50. The fourth-order valence-electron chi connectivity index (χ4n) is 3.07. The third-order valence-corrected chi connectivity index (χ3v) is 4.56. The largest absolute Gasteiger partial charge is 0.493 e. The first-order chi connectivity index (χ1) is 14.6. The number of hydrogen-bond donors (Lipinski definition) is 1. The van der Waals surface area contributed by atoms with Crippen molar-refractivity contribution < 1.29 is 33.0 Å². The van der Waals surface area contributed by atoms with Crippen LogP contribution in [0.25, 0.3) is 6.08 Å². The van der Waals surface area contributed by atoms with Gasteiger partial charge in [0.25, 0.3) is 11.8 Å². The number of hydrogen-bond acceptors (Lipinski definition) is 7. The number of ether oxygens (including phenoxy) is 4. The minimum absolute atomic E-state index is 0.0730. The summed E-state index contributed by atoms with van der Waals surface area (Å²) in [5, 5.41) is 2.65. The number of carbonyl (C=O) groups excluding carboxylic acids is 2. The molecule has 1 saturated heterocycles. The molecule has 2 amide bonds. The van der Waals surface area contributed by atoms with Crippen LogP contribution in [-0.2, 0) is 9.53 Å². The van der Waals surface area contributed by atoms with Crippen molar-refractivity contribution in [3.63, 3.8) is 0 Å². The Labute approximate surface area is 174 Å². The van der Waals surface area contributed by atoms with Gasteiger partial charge in [-0.15, -0.1) is 0 Å². The number of methoxy groups -OCH3 is 3. The maximum Gasteiger partial charge on any atom is 0.291 e. The highest BCUT2D eigenvalue weighted by Gasteiger charge is 2.24. The van der Waals surface area contributed by atoms with E-state index in [1.54, 1.807) is 29.2 Å². The van der Waals surface area contributed by atoms with Crippen molar-refractivity contribution in [2.45, 2.75) is 0 Å². The first-order valence-electron chi connectivity index (χ1n) is 9.31. The number of morpholine rings is 1. The van der Waals surface area contributed by atoms with Crippen molar-refractivity contribution in [2.24, 2.45) is 0 Å². The Morgan fingerprint density at radius 3 is 2.37 bits per heavy atom. The fraction of sp³-hybridized carbons (Fsp3) is 0.333. The van der Waals surface area contributed by atoms with Crippen LogP contribution in [0.3, 0.4) is 0 Å². The van der Waals surface area contributed by atoms with E-state index in [1.807, 2.05) is 0 Å². The quantitative estimate of drug-likeness (QED) is 0.689. The van der Waals surface area contributed by atoms with Gasteiger partial charge in [-0.25, -0.2) is 0 Å². The highest BCUT2D eigenvalue weighted by atomic mass is 16.5. The van der Waals surface area contributed by atoms with Gasteiger partial charge in [-0.2, -0.15) is 0 Å². The molecule has 1 aliphatic rings. The van der Waals surface area contributed by atoms with Gasteiger partial charge in [0.2, 0.25) is 5.75 Å². The zero-order chi connectivity index (χ0) is 21.5. The van der Waals surface area contributed by atoms with Crippen LogP contribution in [0.15, 0.2) is 40.6 Å². The van der Waals surface area contributed by atoms with Gasteiger partial charge in [0, 0.05) is 18.7 Å². The molecule has 1 aromatic heterocycles. The van der Waals surface area contributed by atoms with E-state index in [0.29, 0.717) is 49.1 Å². The Morgan fingerprint density at radius 2 is 1.77 bits per heavy atom. The van der Waals surface area contributed by atoms with Crippen LogP contribution in [0.5, 0.6) is 17.2 Å². The molecule has 0 unspecified atom stereocenters. The van der Waals surface area contributed by atoms with Crippen LogP contribution in [-0.4, -0.2) is 64.3 Å². The lowest BCUT2D eigenvalue weighted by molar-refractivity contribution is -0.131. The van der Waals surface area contributed by atoms with Gasteiger partial charge in [0.05, 0.1) is 40.8 Å². The molecule has 0 saturated carbocycles. The highest BCUT2D eigenvalue weighted by molar-refractivity contribution is 6.04. The van der Waals surface area contributed by atoms with E-state index in [1.165, 1.54) is 33.7 Å². The van der Waals surface area contributed by atoms with E-state index in [9.17, 15) is 9.59 Å². The normalized spacial score (nSPS) is 14.2. The molecule has 1 fully saturated rings. The van der Waals surface area contributed by atoms with Gasteiger partial charge in [0.1, 0.15) is 5.70 Å². The second kappa shape index (κ2) is 9.84. The van der Waals surface area contributed by atoms with Crippen molar-refractivity contribution >= 4 is 17.9 Å². The van der Waals surface area contributed by atoms with Gasteiger partial charge in [-0.1, -0.05) is 0 Å². The maximum atomic E-state index is 13.1. The molecule has 30 heavy (non-hydrogen) atoms. The molecule has 0 bridgehead atoms. The predicted molar refractivity (Wildman–Crippen MR) is 108 cm³/mol. The average Bonchev–Trinajstić information content (AvgIpc) is 3.33. The summed E-state index contributed by atoms with van der Waals surface area (Å²) in [5.74, 6) is 0.449. The third kappa shape index (κ3) is 4.57. The molecular weight excluding hydrogens is 392 g/mol. The van der Waals surface area contributed by atoms with Crippen molar-refractivity contribution in [1.29, 1.82) is 0 Å². The Morgan fingerprint density at radius 1 is 1.03 bits per heavy atom. The SMILES string of the molecule is COc1ccc(C=C(NC(=O)c2ccco2)C(=O)N2CCOCC2)c(OC)c1OC. The molecule has 0 aliphatic carbocycles. The molecule has 3 rings (SSSR count). The van der Waals surface area contributed by atoms with E-state index in [2.05, 4.69) is 5.32 Å². The van der Waals surface area contributed by atoms with Crippen LogP contribution in [0.1, 0.15) is 16.1 Å². The summed E-state index contributed by atoms with van der Waals surface area (Å²) < 4.78 is 26.6. The molecular formula is C21H24N2O7. The number of rotatable bonds is 7. The van der Waals surface area contributed by atoms with Crippen LogP contribution in [0.4, 0.5) is 0 Å². The van der Waals surface area contributed by atoms with Gasteiger partial charge in [-0.05, 0) is 30.3 Å². The number of amides is 2. The highest BCUT2D eigenvalue weighted by Crippen LogP contribution is 2.40. The predicted octanol–water partition coefficient (Wildman–Crippen LogP) is 1.94. The Balaban J connectivity index is 2.01. The topological polar surface area (TPSA) is 99.5 Å². The number of nitrogens with zero attached hydrogens (tertiary/aromatic N) is 1. The zero-order valence-electron chi connectivity index (χ0n) is 17.1. The average molecular weight is 416 g/mol. The standard InChI is InChI=1S/C21H24N2O7/c1-26-16-7-6-14(18(27-2)19(16)28-3)13-15(21(25)23-8-11-29-12-9-23)22-20(24)17-5-4-10-30-17/h4-7,10,13H,8-9,11-12H2,1-3H3,(H,22,24). The second-order valence-corrected chi connectivity index (χ2v) is 6.32. The van der Waals surface area contributed by atoms with Crippen molar-refractivity contribution in [1.82, 2.24) is 10.2 Å². The van der Waals surface area contributed by atoms with Crippen LogP contribution in [0.2, 0.25) is 0 Å². The summed E-state index contributed by atoms with van der Waals surface area (Å²) in [4.78, 5) is 27.3. The molecule has 2 aromatic rings. The van der Waals surface area contributed by atoms with E-state index in [4.69, 9.17) is 23.4 Å². The lowest BCUT2D eigenvalue weighted by Crippen LogP contribution is -2.44. The number of furan rings is 1. The van der Waals surface area contributed by atoms with Gasteiger partial charge in [-0.3, -0.25) is 9.59 Å². The zero-order valence-corrected chi connectivity index (χ0v) is 17.1. The lowest BCUT2D eigenvalue weighted by Gasteiger charge is -2.27. The maximum absolute atomic E-state index is 13.1. The van der Waals surface area contributed by atoms with Crippen LogP contribution < -0.4 is 19.5 Å². The van der Waals surface area contributed by atoms with Crippen molar-refractivity contribution in [2.75, 3.05) is 47.6 Å². The summed E-state index contributed by atoms with van der Waals surface area (Å²) in [6.45, 7) is 1.72. The number of nitrogens with one attached hydrogen (secondary N) is 1. The van der Waals surface area contributed by atoms with E-state index < -0.39 is 5.91 Å². The van der Waals surface area contributed by atoms with E-state index in [0.717, 1.165) is 0 Å². The van der Waals surface area contributed by atoms with Gasteiger partial charge < -0.3 is 33.6 Å². The molecule has 9 nitrogen and oxygen atoms in total. The Hall–Kier alpha value is -3.46. The molecule has 0 radical (unpaired) electrons. The van der Waals surface area contributed by atoms with E-state index >= 15 is 0 Å². The molecule has 9 heteroatoms. The van der Waals surface area contributed by atoms with Crippen molar-refractivity contribution in [3.8, 4) is 17.2 Å². The summed E-state index contributed by atoms with van der Waals surface area (Å²) >= 11 is 0. The lowest BCUT2D eigenvalue weighted by atomic mass is 10.1. The minimum Gasteiger partial charge on any atom is -0.493 e. The molecule has 2 heterocycles. The Bertz CT molecular complexity index is 916. The number of benzene rings is 1. The smallest absolute Gasteiger partial charge is 0.291 e. The first kappa shape index (κ1) is 21.3. The summed E-state index contributed by atoms with van der Waals surface area (Å²) in [5.41, 5.74) is 0.607. The molecule has 1 N–H and O–H groups in total. The van der Waals surface area contributed by atoms with Gasteiger partial charge in [0.15, 0.2) is 17.3 Å². The summed E-state index contributed by atoms with van der Waals surface area (Å²) in [6, 6.07) is 6.52. The fourth-order valence-corrected chi connectivity index (χ4v) is 3.07. The monoisotopic (exact) mass is 416 g/mol. The first-order valence-corrected chi connectivity index (χ1v) is 9.31. The molecule has 0 atom stereocenters. The second-order valence-electron chi connectivity index (χ2n) is 6.32. The minimum atomic E-state index is -0.535. The van der Waals surface area contributed by atoms with Gasteiger partial charge >= 0.3 is 0 Å². The Kier molecular flexibility index (Phi) is 6.97.